The zero-order valence-electron chi connectivity index (χ0n) is 15.9. The van der Waals surface area contributed by atoms with Crippen molar-refractivity contribution in [3.8, 4) is 5.69 Å². The van der Waals surface area contributed by atoms with Crippen LogP contribution in [0.4, 0.5) is 5.69 Å². The van der Waals surface area contributed by atoms with E-state index in [1.54, 1.807) is 31.3 Å². The number of anilines is 1. The number of aryl methyl sites for hydroxylation is 1. The van der Waals surface area contributed by atoms with Crippen molar-refractivity contribution in [3.63, 3.8) is 0 Å². The van der Waals surface area contributed by atoms with Crippen LogP contribution in [0.15, 0.2) is 54.9 Å². The van der Waals surface area contributed by atoms with Gasteiger partial charge in [-0.1, -0.05) is 18.2 Å². The zero-order valence-corrected chi connectivity index (χ0v) is 16.7. The fourth-order valence-electron chi connectivity index (χ4n) is 2.89. The van der Waals surface area contributed by atoms with E-state index in [0.717, 1.165) is 23.3 Å². The smallest absolute Gasteiger partial charge is 0.251 e. The SMILES string of the molecule is Cc1c(NS(C)(=O)=O)cccc1C(=O)NCc1ccc(-n2ccnc2C)cc1. The molecule has 0 atom stereocenters. The number of imidazole rings is 1. The van der Waals surface area contributed by atoms with E-state index >= 15 is 0 Å². The van der Waals surface area contributed by atoms with Gasteiger partial charge in [-0.3, -0.25) is 9.52 Å². The second-order valence-electron chi connectivity index (χ2n) is 6.55. The van der Waals surface area contributed by atoms with E-state index in [1.165, 1.54) is 0 Å². The number of amides is 1. The number of benzene rings is 2. The highest BCUT2D eigenvalue weighted by Crippen LogP contribution is 2.20. The summed E-state index contributed by atoms with van der Waals surface area (Å²) in [4.78, 5) is 16.8. The zero-order chi connectivity index (χ0) is 20.3. The lowest BCUT2D eigenvalue weighted by Crippen LogP contribution is -2.24. The minimum atomic E-state index is -3.41. The Kier molecular flexibility index (Phi) is 5.51. The van der Waals surface area contributed by atoms with Crippen molar-refractivity contribution in [1.82, 2.24) is 14.9 Å². The Morgan fingerprint density at radius 3 is 2.43 bits per heavy atom. The molecular formula is C20H22N4O3S. The molecule has 28 heavy (non-hydrogen) atoms. The third kappa shape index (κ3) is 4.58. The fraction of sp³-hybridized carbons (Fsp3) is 0.200. The van der Waals surface area contributed by atoms with Gasteiger partial charge in [-0.15, -0.1) is 0 Å². The molecule has 3 aromatic rings. The number of nitrogens with one attached hydrogen (secondary N) is 2. The number of rotatable bonds is 6. The Labute approximate surface area is 164 Å². The molecule has 7 nitrogen and oxygen atoms in total. The Balaban J connectivity index is 1.69. The molecule has 8 heteroatoms. The van der Waals surface area contributed by atoms with E-state index in [1.807, 2.05) is 42.0 Å². The summed E-state index contributed by atoms with van der Waals surface area (Å²) in [7, 11) is -3.41. The van der Waals surface area contributed by atoms with E-state index in [9.17, 15) is 13.2 Å². The molecule has 0 spiro atoms. The maximum Gasteiger partial charge on any atom is 0.251 e. The standard InChI is InChI=1S/C20H22N4O3S/c1-14-18(5-4-6-19(14)23-28(3,26)27)20(25)22-13-16-7-9-17(10-8-16)24-12-11-21-15(24)2/h4-12,23H,13H2,1-3H3,(H,22,25). The maximum atomic E-state index is 12.6. The van der Waals surface area contributed by atoms with Crippen LogP contribution in [0.25, 0.3) is 5.69 Å². The molecule has 3 rings (SSSR count). The summed E-state index contributed by atoms with van der Waals surface area (Å²) >= 11 is 0. The highest BCUT2D eigenvalue weighted by Gasteiger charge is 2.13. The number of nitrogens with zero attached hydrogens (tertiary/aromatic N) is 2. The van der Waals surface area contributed by atoms with Crippen LogP contribution < -0.4 is 10.0 Å². The Hall–Kier alpha value is -3.13. The second-order valence-corrected chi connectivity index (χ2v) is 8.29. The molecule has 0 aliphatic heterocycles. The Morgan fingerprint density at radius 2 is 1.82 bits per heavy atom. The topological polar surface area (TPSA) is 93.1 Å². The van der Waals surface area contributed by atoms with E-state index in [4.69, 9.17) is 0 Å². The van der Waals surface area contributed by atoms with Crippen LogP contribution in [0, 0.1) is 13.8 Å². The molecule has 0 bridgehead atoms. The van der Waals surface area contributed by atoms with Gasteiger partial charge in [0.15, 0.2) is 0 Å². The van der Waals surface area contributed by atoms with Gasteiger partial charge in [-0.25, -0.2) is 13.4 Å². The molecule has 0 saturated heterocycles. The van der Waals surface area contributed by atoms with Crippen LogP contribution >= 0.6 is 0 Å². The summed E-state index contributed by atoms with van der Waals surface area (Å²) in [5.41, 5.74) is 3.37. The maximum absolute atomic E-state index is 12.6. The Bertz CT molecular complexity index is 1100. The van der Waals surface area contributed by atoms with Crippen molar-refractivity contribution in [1.29, 1.82) is 0 Å². The predicted molar refractivity (Wildman–Crippen MR) is 109 cm³/mol. The molecule has 0 saturated carbocycles. The van der Waals surface area contributed by atoms with Gasteiger partial charge in [0, 0.05) is 30.2 Å². The lowest BCUT2D eigenvalue weighted by molar-refractivity contribution is 0.0950. The monoisotopic (exact) mass is 398 g/mol. The van der Waals surface area contributed by atoms with Crippen molar-refractivity contribution in [2.75, 3.05) is 11.0 Å². The molecule has 1 heterocycles. The summed E-state index contributed by atoms with van der Waals surface area (Å²) in [6, 6.07) is 12.8. The van der Waals surface area contributed by atoms with Gasteiger partial charge in [-0.05, 0) is 49.2 Å². The van der Waals surface area contributed by atoms with Gasteiger partial charge in [0.25, 0.3) is 5.91 Å². The molecule has 0 radical (unpaired) electrons. The molecule has 146 valence electrons. The summed E-state index contributed by atoms with van der Waals surface area (Å²) in [6.45, 7) is 4.01. The van der Waals surface area contributed by atoms with Gasteiger partial charge >= 0.3 is 0 Å². The first-order valence-electron chi connectivity index (χ1n) is 8.69. The predicted octanol–water partition coefficient (Wildman–Crippen LogP) is 2.79. The first kappa shape index (κ1) is 19.6. The lowest BCUT2D eigenvalue weighted by Gasteiger charge is -2.13. The molecule has 2 aromatic carbocycles. The summed E-state index contributed by atoms with van der Waals surface area (Å²) < 4.78 is 27.3. The molecule has 1 aromatic heterocycles. The first-order valence-corrected chi connectivity index (χ1v) is 10.6. The van der Waals surface area contributed by atoms with Crippen molar-refractivity contribution < 1.29 is 13.2 Å². The third-order valence-electron chi connectivity index (χ3n) is 4.37. The first-order chi connectivity index (χ1) is 13.2. The van der Waals surface area contributed by atoms with Gasteiger partial charge in [0.05, 0.1) is 11.9 Å². The number of sulfonamides is 1. The minimum absolute atomic E-state index is 0.260. The highest BCUT2D eigenvalue weighted by molar-refractivity contribution is 7.92. The highest BCUT2D eigenvalue weighted by atomic mass is 32.2. The second kappa shape index (κ2) is 7.85. The van der Waals surface area contributed by atoms with Crippen molar-refractivity contribution in [3.05, 3.63) is 77.4 Å². The van der Waals surface area contributed by atoms with Gasteiger partial charge in [0.1, 0.15) is 5.82 Å². The van der Waals surface area contributed by atoms with Gasteiger partial charge < -0.3 is 9.88 Å². The normalized spacial score (nSPS) is 11.2. The number of hydrogen-bond acceptors (Lipinski definition) is 4. The molecule has 1 amide bonds. The average molecular weight is 398 g/mol. The van der Waals surface area contributed by atoms with Crippen molar-refractivity contribution >= 4 is 21.6 Å². The van der Waals surface area contributed by atoms with E-state index < -0.39 is 10.0 Å². The van der Waals surface area contributed by atoms with Crippen LogP contribution in [0.5, 0.6) is 0 Å². The molecule has 0 aliphatic rings. The number of hydrogen-bond donors (Lipinski definition) is 2. The summed E-state index contributed by atoms with van der Waals surface area (Å²) in [5, 5.41) is 2.88. The van der Waals surface area contributed by atoms with Crippen LogP contribution in [-0.2, 0) is 16.6 Å². The minimum Gasteiger partial charge on any atom is -0.348 e. The molecule has 0 unspecified atom stereocenters. The number of carbonyl (C=O) groups excluding carboxylic acids is 1. The van der Waals surface area contributed by atoms with Crippen molar-refractivity contribution in [2.45, 2.75) is 20.4 Å². The number of carbonyl (C=O) groups is 1. The molecule has 2 N–H and O–H groups in total. The van der Waals surface area contributed by atoms with Crippen LogP contribution in [-0.4, -0.2) is 30.1 Å². The van der Waals surface area contributed by atoms with E-state index in [0.29, 0.717) is 23.4 Å². The molecule has 0 aliphatic carbocycles. The summed E-state index contributed by atoms with van der Waals surface area (Å²) in [6.07, 6.45) is 4.72. The van der Waals surface area contributed by atoms with Crippen LogP contribution in [0.2, 0.25) is 0 Å². The lowest BCUT2D eigenvalue weighted by atomic mass is 10.1. The van der Waals surface area contributed by atoms with E-state index in [2.05, 4.69) is 15.0 Å². The Morgan fingerprint density at radius 1 is 1.11 bits per heavy atom. The summed E-state index contributed by atoms with van der Waals surface area (Å²) in [5.74, 6) is 0.642. The fourth-order valence-corrected chi connectivity index (χ4v) is 3.52. The van der Waals surface area contributed by atoms with Crippen molar-refractivity contribution in [2.24, 2.45) is 0 Å². The van der Waals surface area contributed by atoms with Crippen LogP contribution in [0.1, 0.15) is 27.3 Å². The molecule has 0 fully saturated rings. The van der Waals surface area contributed by atoms with Gasteiger partial charge in [-0.2, -0.15) is 0 Å². The van der Waals surface area contributed by atoms with Gasteiger partial charge in [0.2, 0.25) is 10.0 Å². The van der Waals surface area contributed by atoms with Crippen LogP contribution in [0.3, 0.4) is 0 Å². The third-order valence-corrected chi connectivity index (χ3v) is 4.96. The molecular weight excluding hydrogens is 376 g/mol. The average Bonchev–Trinajstić information content (AvgIpc) is 3.07. The quantitative estimate of drug-likeness (QED) is 0.668. The number of aromatic nitrogens is 2. The largest absolute Gasteiger partial charge is 0.348 e. The van der Waals surface area contributed by atoms with E-state index in [-0.39, 0.29) is 5.91 Å².